The largest absolute Gasteiger partial charge is 0.379 e. The molecule has 0 bridgehead atoms. The van der Waals surface area contributed by atoms with Crippen molar-refractivity contribution in [2.24, 2.45) is 0 Å². The topological polar surface area (TPSA) is 150 Å². The Morgan fingerprint density at radius 3 is 1.98 bits per heavy atom. The molecule has 1 amide bonds. The van der Waals surface area contributed by atoms with Crippen molar-refractivity contribution in [3.8, 4) is 0 Å². The van der Waals surface area contributed by atoms with Gasteiger partial charge < -0.3 is 15.0 Å². The monoisotopic (exact) mass is 773 g/mol. The van der Waals surface area contributed by atoms with Gasteiger partial charge in [-0.05, 0) is 68.7 Å². The Balaban J connectivity index is 0.000000244. The number of sulfonamides is 2. The van der Waals surface area contributed by atoms with E-state index in [9.17, 15) is 26.4 Å². The zero-order chi connectivity index (χ0) is 38.7. The first-order valence-corrected chi connectivity index (χ1v) is 20.3. The first-order chi connectivity index (χ1) is 25.7. The van der Waals surface area contributed by atoms with E-state index in [1.54, 1.807) is 62.4 Å². The number of carbonyl (C=O) groups excluding carboxylic acids is 1. The molecular formula is C39H40FN5O7S2. The molecule has 0 radical (unpaired) electrons. The number of nitrogens with zero attached hydrogens (tertiary/aromatic N) is 3. The van der Waals surface area contributed by atoms with Crippen molar-refractivity contribution in [3.05, 3.63) is 124 Å². The molecule has 2 fully saturated rings. The normalized spacial score (nSPS) is 16.0. The molecule has 2 aliphatic rings. The van der Waals surface area contributed by atoms with Gasteiger partial charge in [0.05, 0.1) is 46.2 Å². The molecule has 15 heteroatoms. The number of aromatic nitrogens is 1. The van der Waals surface area contributed by atoms with Gasteiger partial charge in [0.2, 0.25) is 20.0 Å². The van der Waals surface area contributed by atoms with Crippen LogP contribution in [-0.4, -0.2) is 75.7 Å². The van der Waals surface area contributed by atoms with Gasteiger partial charge in [-0.15, -0.1) is 0 Å². The maximum absolute atomic E-state index is 15.0. The zero-order valence-corrected chi connectivity index (χ0v) is 31.5. The summed E-state index contributed by atoms with van der Waals surface area (Å²) in [4.78, 5) is 32.7. The quantitative estimate of drug-likeness (QED) is 0.154. The Morgan fingerprint density at radius 2 is 1.37 bits per heavy atom. The Bertz CT molecular complexity index is 2500. The number of hydrogen-bond acceptors (Lipinski definition) is 7. The number of morpholine rings is 1. The van der Waals surface area contributed by atoms with E-state index in [-0.39, 0.29) is 26.2 Å². The minimum atomic E-state index is -3.57. The molecule has 0 aliphatic carbocycles. The van der Waals surface area contributed by atoms with Crippen molar-refractivity contribution in [2.45, 2.75) is 48.4 Å². The first-order valence-electron chi connectivity index (χ1n) is 17.5. The summed E-state index contributed by atoms with van der Waals surface area (Å²) in [7, 11) is -7.01. The maximum atomic E-state index is 15.0. The Labute approximate surface area is 313 Å². The van der Waals surface area contributed by atoms with Crippen LogP contribution in [0.15, 0.2) is 99.5 Å². The third-order valence-electron chi connectivity index (χ3n) is 9.57. The molecule has 4 aromatic carbocycles. The van der Waals surface area contributed by atoms with Crippen LogP contribution in [0.3, 0.4) is 0 Å². The maximum Gasteiger partial charge on any atom is 0.255 e. The Kier molecular flexibility index (Phi) is 11.3. The van der Waals surface area contributed by atoms with Crippen LogP contribution >= 0.6 is 0 Å². The van der Waals surface area contributed by atoms with Crippen LogP contribution in [0.25, 0.3) is 26.7 Å². The predicted molar refractivity (Wildman–Crippen MR) is 204 cm³/mol. The molecule has 3 heterocycles. The van der Waals surface area contributed by atoms with Crippen molar-refractivity contribution in [2.75, 3.05) is 39.4 Å². The van der Waals surface area contributed by atoms with Gasteiger partial charge in [0.15, 0.2) is 11.1 Å². The molecule has 1 aromatic heterocycles. The third kappa shape index (κ3) is 8.08. The number of benzene rings is 4. The van der Waals surface area contributed by atoms with E-state index >= 15 is 4.39 Å². The number of aromatic amines is 1. The number of piperidine rings is 1. The molecule has 2 N–H and O–H groups in total. The molecule has 0 atom stereocenters. The Morgan fingerprint density at radius 1 is 0.796 bits per heavy atom. The van der Waals surface area contributed by atoms with Crippen LogP contribution in [0, 0.1) is 12.4 Å². The number of pyridine rings is 1. The van der Waals surface area contributed by atoms with Crippen LogP contribution in [-0.2, 0) is 30.3 Å². The molecule has 0 spiro atoms. The summed E-state index contributed by atoms with van der Waals surface area (Å²) in [6, 6.07) is 21.7. The summed E-state index contributed by atoms with van der Waals surface area (Å²) < 4.78 is 73.3. The number of hydrogen-bond donors (Lipinski definition) is 2. The summed E-state index contributed by atoms with van der Waals surface area (Å²) in [5.74, 6) is -1.45. The zero-order valence-electron chi connectivity index (χ0n) is 29.8. The van der Waals surface area contributed by atoms with Crippen LogP contribution in [0.1, 0.15) is 49.0 Å². The summed E-state index contributed by atoms with van der Waals surface area (Å²) in [5.41, 5.74) is 0.622. The van der Waals surface area contributed by atoms with E-state index in [0.29, 0.717) is 67.1 Å². The lowest BCUT2D eigenvalue weighted by molar-refractivity contribution is 0.0730. The fourth-order valence-electron chi connectivity index (χ4n) is 6.47. The molecule has 5 aromatic rings. The highest BCUT2D eigenvalue weighted by atomic mass is 32.2. The van der Waals surface area contributed by atoms with Crippen LogP contribution in [0.4, 0.5) is 10.1 Å². The number of carbonyl (C=O) groups is 1. The van der Waals surface area contributed by atoms with E-state index in [1.165, 1.54) is 38.9 Å². The van der Waals surface area contributed by atoms with Crippen LogP contribution in [0.2, 0.25) is 0 Å². The number of ether oxygens (including phenoxy) is 1. The average molecular weight is 774 g/mol. The van der Waals surface area contributed by atoms with E-state index in [4.69, 9.17) is 11.3 Å². The summed E-state index contributed by atoms with van der Waals surface area (Å²) >= 11 is 0. The molecule has 12 nitrogen and oxygen atoms in total. The molecule has 282 valence electrons. The van der Waals surface area contributed by atoms with Gasteiger partial charge in [-0.25, -0.2) is 26.1 Å². The standard InChI is InChI=1S/C28H28FN3O4S.C11H12N2O3S/c1-28(2,18-10-12-19(13-11-18)37(35,36)32-14-6-3-7-15-32)31-27(34)21-17-25-22(16-23(21)29)26(33)20-8-4-5-9-24(20)30-25;1-12-10-2-4-11(5-3-10)17(14,15)13-6-8-16-9-7-13/h4-5,8-13,16-17H,3,6-7,14-15H2,1-2H3,(H,30,33)(H,31,34);2-5H,6-9H2. The van der Waals surface area contributed by atoms with Gasteiger partial charge in [-0.1, -0.05) is 55.0 Å². The molecule has 54 heavy (non-hydrogen) atoms. The van der Waals surface area contributed by atoms with Crippen molar-refractivity contribution in [1.82, 2.24) is 18.9 Å². The number of para-hydroxylation sites is 1. The summed E-state index contributed by atoms with van der Waals surface area (Å²) in [6.45, 7) is 13.0. The van der Waals surface area contributed by atoms with Gasteiger partial charge in [-0.2, -0.15) is 8.61 Å². The molecule has 0 saturated carbocycles. The van der Waals surface area contributed by atoms with Gasteiger partial charge >= 0.3 is 0 Å². The molecular weight excluding hydrogens is 734 g/mol. The van der Waals surface area contributed by atoms with Crippen LogP contribution in [0.5, 0.6) is 0 Å². The summed E-state index contributed by atoms with van der Waals surface area (Å²) in [5, 5.41) is 3.44. The molecule has 0 unspecified atom stereocenters. The minimum absolute atomic E-state index is 0.164. The number of rotatable bonds is 7. The van der Waals surface area contributed by atoms with Gasteiger partial charge in [0.25, 0.3) is 5.91 Å². The number of amides is 1. The number of fused-ring (bicyclic) bond motifs is 2. The number of halogens is 1. The lowest BCUT2D eigenvalue weighted by atomic mass is 9.93. The highest BCUT2D eigenvalue weighted by molar-refractivity contribution is 7.89. The van der Waals surface area contributed by atoms with Crippen LogP contribution < -0.4 is 10.7 Å². The molecule has 7 rings (SSSR count). The van der Waals surface area contributed by atoms with Gasteiger partial charge in [0, 0.05) is 42.5 Å². The lowest BCUT2D eigenvalue weighted by Gasteiger charge is -2.28. The fraction of sp³-hybridized carbons (Fsp3) is 0.308. The molecule has 2 aliphatic heterocycles. The second-order valence-corrected chi connectivity index (χ2v) is 17.4. The highest BCUT2D eigenvalue weighted by Gasteiger charge is 2.29. The van der Waals surface area contributed by atoms with Gasteiger partial charge in [-0.3, -0.25) is 9.59 Å². The second-order valence-electron chi connectivity index (χ2n) is 13.6. The van der Waals surface area contributed by atoms with E-state index in [0.717, 1.165) is 25.3 Å². The van der Waals surface area contributed by atoms with Gasteiger partial charge in [0.1, 0.15) is 5.82 Å². The average Bonchev–Trinajstić information content (AvgIpc) is 3.19. The van der Waals surface area contributed by atoms with Crippen molar-refractivity contribution >= 4 is 53.4 Å². The number of H-pyrrole nitrogens is 1. The number of nitrogens with one attached hydrogen (secondary N) is 2. The highest BCUT2D eigenvalue weighted by Crippen LogP contribution is 2.27. The summed E-state index contributed by atoms with van der Waals surface area (Å²) in [6.07, 6.45) is 2.74. The SMILES string of the molecule is CC(C)(NC(=O)c1cc2[nH]c3ccccc3c(=O)c2cc1F)c1ccc(S(=O)(=O)N2CCCCC2)cc1.[C-]#[N+]c1ccc(S(=O)(=O)N2CCOCC2)cc1. The first kappa shape index (κ1) is 38.7. The predicted octanol–water partition coefficient (Wildman–Crippen LogP) is 5.92. The van der Waals surface area contributed by atoms with Crippen molar-refractivity contribution in [1.29, 1.82) is 0 Å². The van der Waals surface area contributed by atoms with E-state index in [2.05, 4.69) is 15.1 Å². The van der Waals surface area contributed by atoms with E-state index in [1.807, 2.05) is 0 Å². The van der Waals surface area contributed by atoms with Crippen molar-refractivity contribution < 1.29 is 30.8 Å². The third-order valence-corrected chi connectivity index (χ3v) is 13.4. The van der Waals surface area contributed by atoms with E-state index < -0.39 is 37.3 Å². The Hall–Kier alpha value is -4.98. The second kappa shape index (κ2) is 15.8. The fourth-order valence-corrected chi connectivity index (χ4v) is 9.39. The minimum Gasteiger partial charge on any atom is -0.379 e. The smallest absolute Gasteiger partial charge is 0.255 e. The van der Waals surface area contributed by atoms with Crippen molar-refractivity contribution in [3.63, 3.8) is 0 Å². The molecule has 2 saturated heterocycles. The lowest BCUT2D eigenvalue weighted by Crippen LogP contribution is -2.41.